The van der Waals surface area contributed by atoms with E-state index in [0.717, 1.165) is 25.3 Å². The minimum atomic E-state index is 0.248. The number of rotatable bonds is 3. The van der Waals surface area contributed by atoms with Crippen LogP contribution in [0.1, 0.15) is 19.0 Å². The van der Waals surface area contributed by atoms with Crippen LogP contribution < -0.4 is 10.6 Å². The van der Waals surface area contributed by atoms with Crippen LogP contribution in [0.15, 0.2) is 12.3 Å². The fourth-order valence-corrected chi connectivity index (χ4v) is 1.83. The number of aromatic nitrogens is 2. The third-order valence-corrected chi connectivity index (χ3v) is 2.83. The normalized spacial score (nSPS) is 27.0. The van der Waals surface area contributed by atoms with Crippen molar-refractivity contribution in [3.63, 3.8) is 0 Å². The summed E-state index contributed by atoms with van der Waals surface area (Å²) in [7, 11) is 1.95. The van der Waals surface area contributed by atoms with Crippen molar-refractivity contribution in [2.24, 2.45) is 7.05 Å². The molecule has 1 unspecified atom stereocenters. The lowest BCUT2D eigenvalue weighted by Gasteiger charge is -2.23. The lowest BCUT2D eigenvalue weighted by molar-refractivity contribution is 0.382. The molecule has 1 aromatic rings. The second kappa shape index (κ2) is 3.71. The van der Waals surface area contributed by atoms with Crippen molar-refractivity contribution >= 4 is 0 Å². The number of aryl methyl sites for hydroxylation is 1. The Morgan fingerprint density at radius 2 is 2.57 bits per heavy atom. The standard InChI is InChI=1S/C10H18N4/c1-10(4-5-11-8-10)12-7-9-3-6-14(2)13-9/h3,6,11-12H,4-5,7-8H2,1-2H3. The van der Waals surface area contributed by atoms with Crippen LogP contribution in [0.3, 0.4) is 0 Å². The molecule has 1 saturated heterocycles. The highest BCUT2D eigenvalue weighted by Crippen LogP contribution is 2.13. The average molecular weight is 194 g/mol. The molecule has 0 saturated carbocycles. The van der Waals surface area contributed by atoms with Gasteiger partial charge in [-0.15, -0.1) is 0 Å². The Morgan fingerprint density at radius 3 is 3.14 bits per heavy atom. The Morgan fingerprint density at radius 1 is 1.71 bits per heavy atom. The summed E-state index contributed by atoms with van der Waals surface area (Å²) in [5.74, 6) is 0. The van der Waals surface area contributed by atoms with E-state index in [2.05, 4.69) is 28.7 Å². The molecule has 0 radical (unpaired) electrons. The van der Waals surface area contributed by atoms with Gasteiger partial charge in [-0.1, -0.05) is 0 Å². The van der Waals surface area contributed by atoms with Crippen molar-refractivity contribution in [3.05, 3.63) is 18.0 Å². The summed E-state index contributed by atoms with van der Waals surface area (Å²) < 4.78 is 1.84. The molecule has 0 aliphatic carbocycles. The molecule has 78 valence electrons. The van der Waals surface area contributed by atoms with E-state index >= 15 is 0 Å². The lowest BCUT2D eigenvalue weighted by atomic mass is 10.0. The van der Waals surface area contributed by atoms with Gasteiger partial charge in [0.2, 0.25) is 0 Å². The van der Waals surface area contributed by atoms with E-state index in [1.165, 1.54) is 6.42 Å². The molecular weight excluding hydrogens is 176 g/mol. The Kier molecular flexibility index (Phi) is 2.56. The smallest absolute Gasteiger partial charge is 0.0762 e. The summed E-state index contributed by atoms with van der Waals surface area (Å²) in [5, 5.41) is 11.3. The summed E-state index contributed by atoms with van der Waals surface area (Å²) >= 11 is 0. The zero-order valence-electron chi connectivity index (χ0n) is 8.88. The molecule has 1 atom stereocenters. The summed E-state index contributed by atoms with van der Waals surface area (Å²) in [6.45, 7) is 5.29. The molecule has 1 aliphatic rings. The van der Waals surface area contributed by atoms with Crippen LogP contribution in [-0.2, 0) is 13.6 Å². The van der Waals surface area contributed by atoms with Gasteiger partial charge in [-0.2, -0.15) is 5.10 Å². The summed E-state index contributed by atoms with van der Waals surface area (Å²) in [6.07, 6.45) is 3.17. The highest BCUT2D eigenvalue weighted by molar-refractivity contribution is 5.01. The van der Waals surface area contributed by atoms with E-state index in [1.54, 1.807) is 0 Å². The summed E-state index contributed by atoms with van der Waals surface area (Å²) in [4.78, 5) is 0. The second-order valence-electron chi connectivity index (χ2n) is 4.32. The van der Waals surface area contributed by atoms with Crippen molar-refractivity contribution in [2.75, 3.05) is 13.1 Å². The largest absolute Gasteiger partial charge is 0.315 e. The van der Waals surface area contributed by atoms with E-state index in [0.29, 0.717) is 0 Å². The van der Waals surface area contributed by atoms with Crippen LogP contribution in [-0.4, -0.2) is 28.4 Å². The quantitative estimate of drug-likeness (QED) is 0.725. The molecule has 14 heavy (non-hydrogen) atoms. The number of nitrogens with one attached hydrogen (secondary N) is 2. The Hall–Kier alpha value is -0.870. The zero-order chi connectivity index (χ0) is 10.0. The number of nitrogens with zero attached hydrogens (tertiary/aromatic N) is 2. The molecule has 4 nitrogen and oxygen atoms in total. The van der Waals surface area contributed by atoms with Crippen molar-refractivity contribution < 1.29 is 0 Å². The van der Waals surface area contributed by atoms with Crippen LogP contribution in [0.2, 0.25) is 0 Å². The third-order valence-electron chi connectivity index (χ3n) is 2.83. The van der Waals surface area contributed by atoms with Crippen LogP contribution >= 0.6 is 0 Å². The van der Waals surface area contributed by atoms with Crippen molar-refractivity contribution in [1.82, 2.24) is 20.4 Å². The molecule has 1 aliphatic heterocycles. The fraction of sp³-hybridized carbons (Fsp3) is 0.700. The second-order valence-corrected chi connectivity index (χ2v) is 4.32. The average Bonchev–Trinajstić information content (AvgIpc) is 2.73. The minimum Gasteiger partial charge on any atom is -0.315 e. The maximum atomic E-state index is 4.34. The van der Waals surface area contributed by atoms with E-state index in [4.69, 9.17) is 0 Å². The minimum absolute atomic E-state index is 0.248. The number of hydrogen-bond acceptors (Lipinski definition) is 3. The van der Waals surface area contributed by atoms with Gasteiger partial charge in [-0.3, -0.25) is 4.68 Å². The molecule has 2 heterocycles. The van der Waals surface area contributed by atoms with E-state index < -0.39 is 0 Å². The maximum absolute atomic E-state index is 4.34. The topological polar surface area (TPSA) is 41.9 Å². The molecule has 2 N–H and O–H groups in total. The SMILES string of the molecule is Cn1ccc(CNC2(C)CCNC2)n1. The molecule has 0 amide bonds. The van der Waals surface area contributed by atoms with E-state index in [-0.39, 0.29) is 5.54 Å². The van der Waals surface area contributed by atoms with Gasteiger partial charge < -0.3 is 10.6 Å². The van der Waals surface area contributed by atoms with Gasteiger partial charge in [0.1, 0.15) is 0 Å². The first-order valence-electron chi connectivity index (χ1n) is 5.12. The summed E-state index contributed by atoms with van der Waals surface area (Å²) in [6, 6.07) is 2.05. The van der Waals surface area contributed by atoms with Gasteiger partial charge in [-0.05, 0) is 26.0 Å². The summed E-state index contributed by atoms with van der Waals surface area (Å²) in [5.41, 5.74) is 1.36. The van der Waals surface area contributed by atoms with Crippen molar-refractivity contribution in [1.29, 1.82) is 0 Å². The highest BCUT2D eigenvalue weighted by Gasteiger charge is 2.27. The molecule has 4 heteroatoms. The highest BCUT2D eigenvalue weighted by atomic mass is 15.3. The Balaban J connectivity index is 1.87. The van der Waals surface area contributed by atoms with E-state index in [9.17, 15) is 0 Å². The van der Waals surface area contributed by atoms with Gasteiger partial charge in [0.15, 0.2) is 0 Å². The van der Waals surface area contributed by atoms with Gasteiger partial charge in [0.05, 0.1) is 5.69 Å². The Bertz CT molecular complexity index is 299. The predicted octanol–water partition coefficient (Wildman–Crippen LogP) is 0.262. The first-order valence-corrected chi connectivity index (χ1v) is 5.12. The molecule has 1 fully saturated rings. The van der Waals surface area contributed by atoms with E-state index in [1.807, 2.05) is 17.9 Å². The first kappa shape index (κ1) is 9.68. The third kappa shape index (κ3) is 2.13. The maximum Gasteiger partial charge on any atom is 0.0762 e. The molecular formula is C10H18N4. The molecule has 1 aromatic heterocycles. The molecule has 0 bridgehead atoms. The van der Waals surface area contributed by atoms with Crippen LogP contribution in [0.4, 0.5) is 0 Å². The van der Waals surface area contributed by atoms with Gasteiger partial charge >= 0.3 is 0 Å². The van der Waals surface area contributed by atoms with Crippen LogP contribution in [0.25, 0.3) is 0 Å². The lowest BCUT2D eigenvalue weighted by Crippen LogP contribution is -2.43. The van der Waals surface area contributed by atoms with Gasteiger partial charge in [0.25, 0.3) is 0 Å². The van der Waals surface area contributed by atoms with Gasteiger partial charge in [-0.25, -0.2) is 0 Å². The zero-order valence-corrected chi connectivity index (χ0v) is 8.88. The van der Waals surface area contributed by atoms with Gasteiger partial charge in [0, 0.05) is 31.9 Å². The Labute approximate surface area is 84.7 Å². The fourth-order valence-electron chi connectivity index (χ4n) is 1.83. The van der Waals surface area contributed by atoms with Crippen molar-refractivity contribution in [2.45, 2.75) is 25.4 Å². The molecule has 2 rings (SSSR count). The molecule has 0 spiro atoms. The first-order chi connectivity index (χ1) is 6.68. The monoisotopic (exact) mass is 194 g/mol. The van der Waals surface area contributed by atoms with Crippen molar-refractivity contribution in [3.8, 4) is 0 Å². The van der Waals surface area contributed by atoms with Crippen LogP contribution in [0, 0.1) is 0 Å². The van der Waals surface area contributed by atoms with Crippen LogP contribution in [0.5, 0.6) is 0 Å². The number of hydrogen-bond donors (Lipinski definition) is 2. The predicted molar refractivity (Wildman–Crippen MR) is 55.9 cm³/mol. The molecule has 0 aromatic carbocycles.